The molecule has 2 rings (SSSR count). The number of amides is 1. The third kappa shape index (κ3) is 2.66. The molecule has 0 fully saturated rings. The molecule has 5 nitrogen and oxygen atoms in total. The summed E-state index contributed by atoms with van der Waals surface area (Å²) in [6.45, 7) is 1.83. The summed E-state index contributed by atoms with van der Waals surface area (Å²) in [7, 11) is 0. The predicted molar refractivity (Wildman–Crippen MR) is 58.7 cm³/mol. The molecule has 88 valence electrons. The molecule has 0 aliphatic heterocycles. The molecule has 0 saturated carbocycles. The number of hydrogen-bond donors (Lipinski definition) is 2. The van der Waals surface area contributed by atoms with Gasteiger partial charge < -0.3 is 5.32 Å². The fourth-order valence-electron chi connectivity index (χ4n) is 1.36. The first-order valence-electron chi connectivity index (χ1n) is 5.08. The maximum Gasteiger partial charge on any atom is 0.270 e. The molecule has 0 aliphatic rings. The Bertz CT molecular complexity index is 495. The third-order valence-electron chi connectivity index (χ3n) is 2.33. The number of nitrogens with zero attached hydrogens (tertiary/aromatic N) is 2. The van der Waals surface area contributed by atoms with E-state index in [1.54, 1.807) is 12.4 Å². The van der Waals surface area contributed by atoms with Crippen LogP contribution in [-0.4, -0.2) is 21.1 Å². The highest BCUT2D eigenvalue weighted by atomic mass is 19.1. The lowest BCUT2D eigenvalue weighted by Gasteiger charge is -2.11. The van der Waals surface area contributed by atoms with Gasteiger partial charge in [0.2, 0.25) is 0 Å². The predicted octanol–water partition coefficient (Wildman–Crippen LogP) is 1.43. The van der Waals surface area contributed by atoms with Gasteiger partial charge in [0, 0.05) is 11.8 Å². The van der Waals surface area contributed by atoms with Gasteiger partial charge in [-0.2, -0.15) is 5.10 Å². The van der Waals surface area contributed by atoms with Gasteiger partial charge in [-0.1, -0.05) is 0 Å². The molecule has 0 spiro atoms. The summed E-state index contributed by atoms with van der Waals surface area (Å²) >= 11 is 0. The van der Waals surface area contributed by atoms with Gasteiger partial charge in [-0.15, -0.1) is 0 Å². The molecule has 2 aromatic rings. The number of pyridine rings is 1. The van der Waals surface area contributed by atoms with E-state index >= 15 is 0 Å². The van der Waals surface area contributed by atoms with Crippen LogP contribution in [0.25, 0.3) is 0 Å². The lowest BCUT2D eigenvalue weighted by Crippen LogP contribution is -2.27. The number of nitrogens with one attached hydrogen (secondary N) is 2. The van der Waals surface area contributed by atoms with Gasteiger partial charge >= 0.3 is 0 Å². The molecule has 6 heteroatoms. The average molecular weight is 234 g/mol. The Morgan fingerprint density at radius 2 is 2.29 bits per heavy atom. The summed E-state index contributed by atoms with van der Waals surface area (Å²) in [6.07, 6.45) is 4.34. The number of carbonyl (C=O) groups is 1. The fourth-order valence-corrected chi connectivity index (χ4v) is 1.36. The number of rotatable bonds is 3. The van der Waals surface area contributed by atoms with Crippen LogP contribution < -0.4 is 5.32 Å². The molecule has 1 atom stereocenters. The highest BCUT2D eigenvalue weighted by Crippen LogP contribution is 2.10. The van der Waals surface area contributed by atoms with Gasteiger partial charge in [-0.3, -0.25) is 9.89 Å². The SMILES string of the molecule is CC(NC(=O)c1ccc(F)cn1)c1cn[nH]c1. The Hall–Kier alpha value is -2.24. The molecular weight excluding hydrogens is 223 g/mol. The van der Waals surface area contributed by atoms with E-state index in [1.807, 2.05) is 6.92 Å². The van der Waals surface area contributed by atoms with Crippen molar-refractivity contribution in [2.75, 3.05) is 0 Å². The number of hydrogen-bond acceptors (Lipinski definition) is 3. The van der Waals surface area contributed by atoms with Crippen LogP contribution in [0.4, 0.5) is 4.39 Å². The van der Waals surface area contributed by atoms with Gasteiger partial charge in [0.25, 0.3) is 5.91 Å². The Balaban J connectivity index is 2.04. The summed E-state index contributed by atoms with van der Waals surface area (Å²) in [6, 6.07) is 2.35. The molecule has 0 aromatic carbocycles. The van der Waals surface area contributed by atoms with Gasteiger partial charge in [0.1, 0.15) is 11.5 Å². The second-order valence-corrected chi connectivity index (χ2v) is 3.59. The lowest BCUT2D eigenvalue weighted by atomic mass is 10.2. The molecule has 0 aliphatic carbocycles. The Morgan fingerprint density at radius 1 is 1.47 bits per heavy atom. The second kappa shape index (κ2) is 4.73. The highest BCUT2D eigenvalue weighted by molar-refractivity contribution is 5.92. The normalized spacial score (nSPS) is 12.1. The molecule has 1 amide bonds. The van der Waals surface area contributed by atoms with Crippen molar-refractivity contribution < 1.29 is 9.18 Å². The fraction of sp³-hybridized carbons (Fsp3) is 0.182. The van der Waals surface area contributed by atoms with Crippen LogP contribution in [0.3, 0.4) is 0 Å². The van der Waals surface area contributed by atoms with Gasteiger partial charge in [-0.25, -0.2) is 9.37 Å². The van der Waals surface area contributed by atoms with Crippen molar-refractivity contribution in [1.29, 1.82) is 0 Å². The van der Waals surface area contributed by atoms with Gasteiger partial charge in [0.05, 0.1) is 18.4 Å². The molecule has 1 unspecified atom stereocenters. The number of H-pyrrole nitrogens is 1. The zero-order valence-electron chi connectivity index (χ0n) is 9.14. The third-order valence-corrected chi connectivity index (χ3v) is 2.33. The van der Waals surface area contributed by atoms with Crippen LogP contribution in [-0.2, 0) is 0 Å². The van der Waals surface area contributed by atoms with Crippen molar-refractivity contribution >= 4 is 5.91 Å². The van der Waals surface area contributed by atoms with E-state index in [0.29, 0.717) is 0 Å². The molecule has 17 heavy (non-hydrogen) atoms. The van der Waals surface area contributed by atoms with Crippen molar-refractivity contribution in [3.05, 3.63) is 47.8 Å². The first-order valence-corrected chi connectivity index (χ1v) is 5.08. The molecule has 2 N–H and O–H groups in total. The van der Waals surface area contributed by atoms with Crippen LogP contribution in [0.2, 0.25) is 0 Å². The van der Waals surface area contributed by atoms with Crippen LogP contribution in [0.5, 0.6) is 0 Å². The molecule has 2 aromatic heterocycles. The molecule has 2 heterocycles. The standard InChI is InChI=1S/C11H11FN4O/c1-7(8-4-14-15-5-8)16-11(17)10-3-2-9(12)6-13-10/h2-7H,1H3,(H,14,15)(H,16,17). The number of halogens is 1. The van der Waals surface area contributed by atoms with Crippen LogP contribution in [0.1, 0.15) is 29.0 Å². The zero-order chi connectivity index (χ0) is 12.3. The van der Waals surface area contributed by atoms with Crippen molar-refractivity contribution in [3.8, 4) is 0 Å². The average Bonchev–Trinajstić information content (AvgIpc) is 2.83. The van der Waals surface area contributed by atoms with Crippen molar-refractivity contribution in [3.63, 3.8) is 0 Å². The smallest absolute Gasteiger partial charge is 0.270 e. The topological polar surface area (TPSA) is 70.7 Å². The minimum absolute atomic E-state index is 0.182. The largest absolute Gasteiger partial charge is 0.344 e. The minimum atomic E-state index is -0.468. The molecular formula is C11H11FN4O. The summed E-state index contributed by atoms with van der Waals surface area (Å²) in [4.78, 5) is 15.4. The number of aromatic amines is 1. The van der Waals surface area contributed by atoms with Crippen LogP contribution in [0, 0.1) is 5.82 Å². The number of aromatic nitrogens is 3. The van der Waals surface area contributed by atoms with E-state index in [-0.39, 0.29) is 17.6 Å². The first-order chi connectivity index (χ1) is 8.16. The molecule has 0 radical (unpaired) electrons. The maximum atomic E-state index is 12.6. The van der Waals surface area contributed by atoms with E-state index in [9.17, 15) is 9.18 Å². The van der Waals surface area contributed by atoms with Crippen molar-refractivity contribution in [2.45, 2.75) is 13.0 Å². The van der Waals surface area contributed by atoms with Gasteiger partial charge in [0.15, 0.2) is 0 Å². The summed E-state index contributed by atoms with van der Waals surface area (Å²) < 4.78 is 12.6. The Morgan fingerprint density at radius 3 is 2.88 bits per heavy atom. The van der Waals surface area contributed by atoms with Crippen molar-refractivity contribution in [1.82, 2.24) is 20.5 Å². The van der Waals surface area contributed by atoms with E-state index in [1.165, 1.54) is 12.1 Å². The van der Waals surface area contributed by atoms with E-state index in [0.717, 1.165) is 11.8 Å². The van der Waals surface area contributed by atoms with Crippen LogP contribution in [0.15, 0.2) is 30.7 Å². The van der Waals surface area contributed by atoms with E-state index in [4.69, 9.17) is 0 Å². The quantitative estimate of drug-likeness (QED) is 0.844. The highest BCUT2D eigenvalue weighted by Gasteiger charge is 2.12. The summed E-state index contributed by atoms with van der Waals surface area (Å²) in [5.41, 5.74) is 1.04. The number of carbonyl (C=O) groups excluding carboxylic acids is 1. The Kier molecular flexibility index (Phi) is 3.13. The monoisotopic (exact) mass is 234 g/mol. The van der Waals surface area contributed by atoms with E-state index in [2.05, 4.69) is 20.5 Å². The lowest BCUT2D eigenvalue weighted by molar-refractivity contribution is 0.0935. The minimum Gasteiger partial charge on any atom is -0.344 e. The van der Waals surface area contributed by atoms with Crippen LogP contribution >= 0.6 is 0 Å². The second-order valence-electron chi connectivity index (χ2n) is 3.59. The Labute approximate surface area is 97.1 Å². The summed E-state index contributed by atoms with van der Waals surface area (Å²) in [5.74, 6) is -0.817. The molecule has 0 saturated heterocycles. The molecule has 0 bridgehead atoms. The van der Waals surface area contributed by atoms with Gasteiger partial charge in [-0.05, 0) is 19.1 Å². The zero-order valence-corrected chi connectivity index (χ0v) is 9.14. The van der Waals surface area contributed by atoms with Crippen molar-refractivity contribution in [2.24, 2.45) is 0 Å². The first kappa shape index (κ1) is 11.3. The maximum absolute atomic E-state index is 12.6. The summed E-state index contributed by atoms with van der Waals surface area (Å²) in [5, 5.41) is 9.19. The van der Waals surface area contributed by atoms with E-state index < -0.39 is 5.82 Å².